The molecule has 9 heteroatoms. The number of nitrogens with zero attached hydrogens (tertiary/aromatic N) is 1. The summed E-state index contributed by atoms with van der Waals surface area (Å²) in [5, 5.41) is 5.43. The van der Waals surface area contributed by atoms with Crippen molar-refractivity contribution in [3.05, 3.63) is 53.7 Å². The fourth-order valence-corrected chi connectivity index (χ4v) is 2.54. The predicted octanol–water partition coefficient (Wildman–Crippen LogP) is 3.82. The van der Waals surface area contributed by atoms with E-state index < -0.39 is 18.3 Å². The maximum atomic E-state index is 12.4. The molecule has 6 nitrogen and oxygen atoms in total. The molecule has 1 aliphatic carbocycles. The van der Waals surface area contributed by atoms with E-state index in [1.165, 1.54) is 42.6 Å². The number of alkyl halides is 3. The van der Waals surface area contributed by atoms with E-state index in [-0.39, 0.29) is 17.6 Å². The Hall–Kier alpha value is -3.10. The van der Waals surface area contributed by atoms with E-state index in [0.717, 1.165) is 12.8 Å². The van der Waals surface area contributed by atoms with Crippen LogP contribution in [0.5, 0.6) is 5.75 Å². The lowest BCUT2D eigenvalue weighted by molar-refractivity contribution is -0.274. The van der Waals surface area contributed by atoms with Gasteiger partial charge in [0, 0.05) is 17.7 Å². The van der Waals surface area contributed by atoms with Crippen molar-refractivity contribution in [1.82, 2.24) is 10.3 Å². The minimum Gasteiger partial charge on any atom is -0.406 e. The smallest absolute Gasteiger partial charge is 0.406 e. The van der Waals surface area contributed by atoms with Gasteiger partial charge in [-0.15, -0.1) is 13.2 Å². The lowest BCUT2D eigenvalue weighted by Crippen LogP contribution is -2.27. The monoisotopic (exact) mass is 393 g/mol. The second kappa shape index (κ2) is 7.87. The molecule has 1 aliphatic rings. The molecule has 0 aliphatic heterocycles. The van der Waals surface area contributed by atoms with Gasteiger partial charge < -0.3 is 15.4 Å². The number of ether oxygens (including phenoxy) is 1. The Morgan fingerprint density at radius 2 is 1.86 bits per heavy atom. The molecule has 0 bridgehead atoms. The summed E-state index contributed by atoms with van der Waals surface area (Å²) in [6, 6.07) is 7.79. The highest BCUT2D eigenvalue weighted by molar-refractivity contribution is 5.97. The van der Waals surface area contributed by atoms with Gasteiger partial charge in [-0.05, 0) is 49.6 Å². The van der Waals surface area contributed by atoms with E-state index in [2.05, 4.69) is 20.4 Å². The van der Waals surface area contributed by atoms with Crippen molar-refractivity contribution in [2.24, 2.45) is 5.92 Å². The van der Waals surface area contributed by atoms with Crippen LogP contribution >= 0.6 is 0 Å². The van der Waals surface area contributed by atoms with Crippen LogP contribution in [0.15, 0.2) is 42.6 Å². The quantitative estimate of drug-likeness (QED) is 0.782. The summed E-state index contributed by atoms with van der Waals surface area (Å²) < 4.78 is 40.5. The van der Waals surface area contributed by atoms with Crippen LogP contribution in [0.3, 0.4) is 0 Å². The second-order valence-electron chi connectivity index (χ2n) is 6.51. The highest BCUT2D eigenvalue weighted by Crippen LogP contribution is 2.30. The minimum atomic E-state index is -4.75. The first-order valence-corrected chi connectivity index (χ1v) is 8.65. The Balaban J connectivity index is 1.61. The molecular weight excluding hydrogens is 375 g/mol. The number of amides is 2. The lowest BCUT2D eigenvalue weighted by atomic mass is 10.1. The zero-order valence-electron chi connectivity index (χ0n) is 14.9. The fourth-order valence-electron chi connectivity index (χ4n) is 2.54. The molecule has 1 saturated carbocycles. The number of hydrogen-bond acceptors (Lipinski definition) is 4. The summed E-state index contributed by atoms with van der Waals surface area (Å²) >= 11 is 0. The molecule has 1 heterocycles. The van der Waals surface area contributed by atoms with Crippen LogP contribution in [0.4, 0.5) is 19.0 Å². The van der Waals surface area contributed by atoms with Gasteiger partial charge in [-0.2, -0.15) is 0 Å². The molecule has 1 aromatic carbocycles. The van der Waals surface area contributed by atoms with Gasteiger partial charge in [0.05, 0.1) is 6.04 Å². The summed E-state index contributed by atoms with van der Waals surface area (Å²) in [5.74, 6) is -0.526. The molecule has 1 atom stereocenters. The van der Waals surface area contributed by atoms with Crippen molar-refractivity contribution < 1.29 is 27.5 Å². The van der Waals surface area contributed by atoms with Gasteiger partial charge in [0.2, 0.25) is 5.91 Å². The Morgan fingerprint density at radius 1 is 1.18 bits per heavy atom. The van der Waals surface area contributed by atoms with Gasteiger partial charge in [0.25, 0.3) is 5.91 Å². The number of carbonyl (C=O) groups excluding carboxylic acids is 2. The van der Waals surface area contributed by atoms with Crippen LogP contribution < -0.4 is 15.4 Å². The largest absolute Gasteiger partial charge is 0.573 e. The van der Waals surface area contributed by atoms with Gasteiger partial charge in [0.15, 0.2) is 0 Å². The molecule has 148 valence electrons. The Kier molecular flexibility index (Phi) is 5.53. The summed E-state index contributed by atoms with van der Waals surface area (Å²) in [5.41, 5.74) is 0.921. The Labute approximate surface area is 159 Å². The number of halogens is 3. The van der Waals surface area contributed by atoms with Crippen molar-refractivity contribution in [1.29, 1.82) is 0 Å². The summed E-state index contributed by atoms with van der Waals surface area (Å²) in [7, 11) is 0. The third-order valence-electron chi connectivity index (χ3n) is 4.18. The van der Waals surface area contributed by atoms with Crippen LogP contribution in [0.25, 0.3) is 0 Å². The maximum Gasteiger partial charge on any atom is 0.573 e. The molecule has 3 rings (SSSR count). The summed E-state index contributed by atoms with van der Waals surface area (Å²) in [6.07, 6.45) is -1.62. The molecule has 1 aromatic heterocycles. The van der Waals surface area contributed by atoms with E-state index in [4.69, 9.17) is 0 Å². The normalized spacial score (nSPS) is 14.9. The third kappa shape index (κ3) is 5.45. The first-order valence-electron chi connectivity index (χ1n) is 8.65. The van der Waals surface area contributed by atoms with E-state index >= 15 is 0 Å². The number of hydrogen-bond donors (Lipinski definition) is 2. The molecule has 2 aromatic rings. The molecule has 2 N–H and O–H groups in total. The Morgan fingerprint density at radius 3 is 2.46 bits per heavy atom. The number of benzene rings is 1. The molecule has 1 fully saturated rings. The first-order chi connectivity index (χ1) is 13.2. The van der Waals surface area contributed by atoms with E-state index in [9.17, 15) is 22.8 Å². The number of anilines is 1. The van der Waals surface area contributed by atoms with E-state index in [0.29, 0.717) is 16.9 Å². The van der Waals surface area contributed by atoms with Crippen LogP contribution in [-0.4, -0.2) is 23.2 Å². The van der Waals surface area contributed by atoms with Crippen LogP contribution in [0.1, 0.15) is 41.7 Å². The zero-order chi connectivity index (χ0) is 20.3. The zero-order valence-corrected chi connectivity index (χ0v) is 14.9. The first kappa shape index (κ1) is 19.7. The van der Waals surface area contributed by atoms with Crippen LogP contribution in [0, 0.1) is 5.92 Å². The minimum absolute atomic E-state index is 0.0172. The van der Waals surface area contributed by atoms with Gasteiger partial charge in [-0.1, -0.05) is 12.1 Å². The molecule has 1 unspecified atom stereocenters. The average molecular weight is 393 g/mol. The molecule has 0 spiro atoms. The summed E-state index contributed by atoms with van der Waals surface area (Å²) in [4.78, 5) is 28.3. The van der Waals surface area contributed by atoms with Crippen molar-refractivity contribution in [3.8, 4) is 5.75 Å². The number of rotatable bonds is 6. The Bertz CT molecular complexity index is 865. The van der Waals surface area contributed by atoms with Crippen molar-refractivity contribution >= 4 is 17.6 Å². The topological polar surface area (TPSA) is 80.3 Å². The molecule has 28 heavy (non-hydrogen) atoms. The number of aromatic nitrogens is 1. The van der Waals surface area contributed by atoms with Crippen molar-refractivity contribution in [3.63, 3.8) is 0 Å². The fraction of sp³-hybridized carbons (Fsp3) is 0.316. The number of pyridine rings is 1. The van der Waals surface area contributed by atoms with Crippen molar-refractivity contribution in [2.75, 3.05) is 5.32 Å². The lowest BCUT2D eigenvalue weighted by Gasteiger charge is -2.16. The molecule has 2 amide bonds. The van der Waals surface area contributed by atoms with E-state index in [1.807, 2.05) is 0 Å². The maximum absolute atomic E-state index is 12.4. The summed E-state index contributed by atoms with van der Waals surface area (Å²) in [6.45, 7) is 1.70. The number of nitrogens with one attached hydrogen (secondary N) is 2. The molecule has 0 radical (unpaired) electrons. The van der Waals surface area contributed by atoms with Crippen molar-refractivity contribution in [2.45, 2.75) is 32.2 Å². The molecule has 0 saturated heterocycles. The van der Waals surface area contributed by atoms with Gasteiger partial charge in [-0.25, -0.2) is 4.98 Å². The van der Waals surface area contributed by atoms with Gasteiger partial charge in [0.1, 0.15) is 11.6 Å². The highest BCUT2D eigenvalue weighted by Gasteiger charge is 2.31. The second-order valence-corrected chi connectivity index (χ2v) is 6.51. The van der Waals surface area contributed by atoms with Gasteiger partial charge in [-0.3, -0.25) is 9.59 Å². The van der Waals surface area contributed by atoms with E-state index in [1.54, 1.807) is 6.92 Å². The highest BCUT2D eigenvalue weighted by atomic mass is 19.4. The average Bonchev–Trinajstić information content (AvgIpc) is 3.46. The third-order valence-corrected chi connectivity index (χ3v) is 4.18. The molecular formula is C19H18F3N3O3. The van der Waals surface area contributed by atoms with Crippen LogP contribution in [-0.2, 0) is 4.79 Å². The predicted molar refractivity (Wildman–Crippen MR) is 94.6 cm³/mol. The van der Waals surface area contributed by atoms with Gasteiger partial charge >= 0.3 is 6.36 Å². The number of carbonyl (C=O) groups is 2. The SMILES string of the molecule is CC(NC(=O)c1ccnc(NC(=O)C2CC2)c1)c1ccc(OC(F)(F)F)cc1. The standard InChI is InChI=1S/C19H18F3N3O3/c1-11(12-4-6-15(7-5-12)28-19(20,21)22)24-18(27)14-8-9-23-16(10-14)25-17(26)13-2-3-13/h4-11,13H,2-3H2,1H3,(H,24,27)(H,23,25,26). The van der Waals surface area contributed by atoms with Crippen LogP contribution in [0.2, 0.25) is 0 Å².